The molecular weight excluding hydrogens is 404 g/mol. The summed E-state index contributed by atoms with van der Waals surface area (Å²) in [5.41, 5.74) is 4.65. The number of H-pyrrole nitrogens is 1. The standard InChI is InChI=1S/C25H32N4O3/c1-16-19-7-9-27-25(26-8-4-10-29(11-13-30)12-14-31)23(19)17(2)22-20-15-18(32-3)5-6-21(20)28-24(16)22/h5-7,9,15,28,30-31H,4,8,10-14H2,1-3H3,(H,26,27). The number of aliphatic hydroxyl groups is 2. The van der Waals surface area contributed by atoms with E-state index >= 15 is 0 Å². The Hall–Kier alpha value is -2.87. The van der Waals surface area contributed by atoms with E-state index in [0.717, 1.165) is 52.9 Å². The van der Waals surface area contributed by atoms with E-state index in [4.69, 9.17) is 4.74 Å². The first kappa shape index (κ1) is 22.3. The third-order valence-electron chi connectivity index (χ3n) is 6.26. The second kappa shape index (κ2) is 9.73. The monoisotopic (exact) mass is 436 g/mol. The number of hydrogen-bond donors (Lipinski definition) is 4. The van der Waals surface area contributed by atoms with E-state index in [9.17, 15) is 10.2 Å². The number of hydrogen-bond acceptors (Lipinski definition) is 6. The minimum Gasteiger partial charge on any atom is -0.497 e. The van der Waals surface area contributed by atoms with Gasteiger partial charge in [-0.05, 0) is 67.6 Å². The number of benzene rings is 2. The van der Waals surface area contributed by atoms with Crippen molar-refractivity contribution >= 4 is 38.4 Å². The molecule has 0 radical (unpaired) electrons. The lowest BCUT2D eigenvalue weighted by Crippen LogP contribution is -2.31. The van der Waals surface area contributed by atoms with Crippen molar-refractivity contribution in [1.82, 2.24) is 14.9 Å². The van der Waals surface area contributed by atoms with Gasteiger partial charge >= 0.3 is 0 Å². The summed E-state index contributed by atoms with van der Waals surface area (Å²) in [6.45, 7) is 7.24. The molecule has 7 nitrogen and oxygen atoms in total. The van der Waals surface area contributed by atoms with Gasteiger partial charge in [0.15, 0.2) is 0 Å². The quantitative estimate of drug-likeness (QED) is 0.284. The topological polar surface area (TPSA) is 93.6 Å². The van der Waals surface area contributed by atoms with Crippen LogP contribution in [0.15, 0.2) is 30.5 Å². The molecule has 4 rings (SSSR count). The summed E-state index contributed by atoms with van der Waals surface area (Å²) in [7, 11) is 1.69. The molecule has 0 spiro atoms. The first-order chi connectivity index (χ1) is 15.6. The van der Waals surface area contributed by atoms with Crippen LogP contribution in [0.5, 0.6) is 5.75 Å². The second-order valence-corrected chi connectivity index (χ2v) is 8.19. The molecule has 0 atom stereocenters. The van der Waals surface area contributed by atoms with Gasteiger partial charge in [0.2, 0.25) is 0 Å². The average molecular weight is 437 g/mol. The molecule has 2 aromatic heterocycles. The Morgan fingerprint density at radius 1 is 1.00 bits per heavy atom. The molecule has 0 fully saturated rings. The third-order valence-corrected chi connectivity index (χ3v) is 6.26. The summed E-state index contributed by atoms with van der Waals surface area (Å²) in [5.74, 6) is 1.73. The number of rotatable bonds is 10. The van der Waals surface area contributed by atoms with Crippen LogP contribution in [-0.4, -0.2) is 71.6 Å². The van der Waals surface area contributed by atoms with Gasteiger partial charge in [-0.3, -0.25) is 4.90 Å². The molecule has 0 unspecified atom stereocenters. The normalized spacial score (nSPS) is 11.8. The summed E-state index contributed by atoms with van der Waals surface area (Å²) < 4.78 is 5.47. The highest BCUT2D eigenvalue weighted by Crippen LogP contribution is 2.39. The third kappa shape index (κ3) is 4.11. The predicted molar refractivity (Wildman–Crippen MR) is 131 cm³/mol. The average Bonchev–Trinajstić information content (AvgIpc) is 3.19. The summed E-state index contributed by atoms with van der Waals surface area (Å²) in [6, 6.07) is 8.22. The Labute approximate surface area is 188 Å². The molecule has 0 amide bonds. The molecule has 32 heavy (non-hydrogen) atoms. The van der Waals surface area contributed by atoms with Crippen molar-refractivity contribution in [2.75, 3.05) is 51.8 Å². The van der Waals surface area contributed by atoms with Gasteiger partial charge in [-0.15, -0.1) is 0 Å². The fourth-order valence-corrected chi connectivity index (χ4v) is 4.64. The number of nitrogens with one attached hydrogen (secondary N) is 2. The molecule has 0 saturated heterocycles. The van der Waals surface area contributed by atoms with Crippen molar-refractivity contribution in [3.63, 3.8) is 0 Å². The van der Waals surface area contributed by atoms with Gasteiger partial charge in [0.1, 0.15) is 11.6 Å². The number of fused-ring (bicyclic) bond motifs is 4. The molecule has 0 bridgehead atoms. The molecule has 0 aliphatic rings. The maximum absolute atomic E-state index is 9.19. The van der Waals surface area contributed by atoms with Gasteiger partial charge in [0.05, 0.1) is 25.8 Å². The molecule has 7 heteroatoms. The van der Waals surface area contributed by atoms with Gasteiger partial charge in [0, 0.05) is 47.5 Å². The Kier molecular flexibility index (Phi) is 6.79. The van der Waals surface area contributed by atoms with E-state index in [1.807, 2.05) is 12.3 Å². The number of ether oxygens (including phenoxy) is 1. The number of methoxy groups -OCH3 is 1. The largest absolute Gasteiger partial charge is 0.497 e. The van der Waals surface area contributed by atoms with Crippen LogP contribution >= 0.6 is 0 Å². The van der Waals surface area contributed by atoms with Crippen LogP contribution in [0.3, 0.4) is 0 Å². The number of aromatic nitrogens is 2. The maximum atomic E-state index is 9.19. The zero-order chi connectivity index (χ0) is 22.7. The van der Waals surface area contributed by atoms with Crippen LogP contribution in [0.25, 0.3) is 32.6 Å². The van der Waals surface area contributed by atoms with Crippen molar-refractivity contribution in [2.24, 2.45) is 0 Å². The Morgan fingerprint density at radius 3 is 2.50 bits per heavy atom. The van der Waals surface area contributed by atoms with E-state index in [0.29, 0.717) is 13.1 Å². The number of aromatic amines is 1. The van der Waals surface area contributed by atoms with Crippen LogP contribution in [0.1, 0.15) is 17.5 Å². The molecule has 2 heterocycles. The maximum Gasteiger partial charge on any atom is 0.134 e. The molecule has 4 aromatic rings. The second-order valence-electron chi connectivity index (χ2n) is 8.19. The molecule has 4 N–H and O–H groups in total. The number of aryl methyl sites for hydroxylation is 2. The van der Waals surface area contributed by atoms with Gasteiger partial charge in [-0.2, -0.15) is 0 Å². The van der Waals surface area contributed by atoms with Gasteiger partial charge in [-0.1, -0.05) is 0 Å². The van der Waals surface area contributed by atoms with E-state index in [2.05, 4.69) is 52.2 Å². The van der Waals surface area contributed by atoms with Crippen molar-refractivity contribution in [2.45, 2.75) is 20.3 Å². The Bertz CT molecular complexity index is 1230. The summed E-state index contributed by atoms with van der Waals surface area (Å²) in [5, 5.41) is 26.6. The van der Waals surface area contributed by atoms with E-state index in [1.165, 1.54) is 21.9 Å². The number of aliphatic hydroxyl groups excluding tert-OH is 2. The van der Waals surface area contributed by atoms with Crippen LogP contribution in [-0.2, 0) is 0 Å². The van der Waals surface area contributed by atoms with Gasteiger partial charge in [0.25, 0.3) is 0 Å². The molecule has 0 saturated carbocycles. The van der Waals surface area contributed by atoms with Crippen LogP contribution in [0.2, 0.25) is 0 Å². The first-order valence-corrected chi connectivity index (χ1v) is 11.1. The number of pyridine rings is 1. The Morgan fingerprint density at radius 2 is 1.78 bits per heavy atom. The van der Waals surface area contributed by atoms with Crippen LogP contribution in [0, 0.1) is 13.8 Å². The zero-order valence-electron chi connectivity index (χ0n) is 19.0. The van der Waals surface area contributed by atoms with Crippen LogP contribution < -0.4 is 10.1 Å². The van der Waals surface area contributed by atoms with Gasteiger partial charge in [-0.25, -0.2) is 4.98 Å². The lowest BCUT2D eigenvalue weighted by molar-refractivity contribution is 0.161. The SMILES string of the molecule is COc1ccc2[nH]c3c(C)c4ccnc(NCCCN(CCO)CCO)c4c(C)c3c2c1. The Balaban J connectivity index is 1.70. The predicted octanol–water partition coefficient (Wildman–Crippen LogP) is 3.58. The van der Waals surface area contributed by atoms with Crippen molar-refractivity contribution in [3.05, 3.63) is 41.6 Å². The zero-order valence-corrected chi connectivity index (χ0v) is 19.0. The highest BCUT2D eigenvalue weighted by atomic mass is 16.5. The summed E-state index contributed by atoms with van der Waals surface area (Å²) in [6.07, 6.45) is 2.75. The summed E-state index contributed by atoms with van der Waals surface area (Å²) in [4.78, 5) is 10.3. The fourth-order valence-electron chi connectivity index (χ4n) is 4.64. The molecular formula is C25H32N4O3. The molecule has 0 aliphatic carbocycles. The van der Waals surface area contributed by atoms with Crippen molar-refractivity contribution in [1.29, 1.82) is 0 Å². The lowest BCUT2D eigenvalue weighted by atomic mass is 9.96. The first-order valence-electron chi connectivity index (χ1n) is 11.1. The minimum atomic E-state index is 0.0994. The number of anilines is 1. The highest BCUT2D eigenvalue weighted by molar-refractivity contribution is 6.18. The van der Waals surface area contributed by atoms with Gasteiger partial charge < -0.3 is 25.3 Å². The van der Waals surface area contributed by atoms with E-state index in [1.54, 1.807) is 7.11 Å². The van der Waals surface area contributed by atoms with Crippen molar-refractivity contribution < 1.29 is 14.9 Å². The van der Waals surface area contributed by atoms with Crippen LogP contribution in [0.4, 0.5) is 5.82 Å². The summed E-state index contributed by atoms with van der Waals surface area (Å²) >= 11 is 0. The van der Waals surface area contributed by atoms with Crippen molar-refractivity contribution in [3.8, 4) is 5.75 Å². The highest BCUT2D eigenvalue weighted by Gasteiger charge is 2.17. The molecule has 2 aromatic carbocycles. The minimum absolute atomic E-state index is 0.0994. The van der Waals surface area contributed by atoms with E-state index in [-0.39, 0.29) is 13.2 Å². The lowest BCUT2D eigenvalue weighted by Gasteiger charge is -2.20. The number of nitrogens with zero attached hydrogens (tertiary/aromatic N) is 2. The van der Waals surface area contributed by atoms with E-state index < -0.39 is 0 Å². The molecule has 170 valence electrons. The fraction of sp³-hybridized carbons (Fsp3) is 0.400. The smallest absolute Gasteiger partial charge is 0.134 e. The molecule has 0 aliphatic heterocycles.